The first-order chi connectivity index (χ1) is 14.5. The number of carbonyl (C=O) groups excluding carboxylic acids is 1. The van der Waals surface area contributed by atoms with Crippen LogP contribution in [-0.4, -0.2) is 39.3 Å². The first-order valence-corrected chi connectivity index (χ1v) is 12.6. The fourth-order valence-corrected chi connectivity index (χ4v) is 6.92. The third kappa shape index (κ3) is 5.35. The zero-order chi connectivity index (χ0) is 23.4. The minimum Gasteiger partial charge on any atom is -0.481 e. The Morgan fingerprint density at radius 2 is 1.81 bits per heavy atom. The molecule has 0 aromatic heterocycles. The highest BCUT2D eigenvalue weighted by molar-refractivity contribution is 5.66. The van der Waals surface area contributed by atoms with E-state index >= 15 is 0 Å². The maximum absolute atomic E-state index is 12.3. The lowest BCUT2D eigenvalue weighted by molar-refractivity contribution is -0.156. The number of carbonyl (C=O) groups is 2. The van der Waals surface area contributed by atoms with Crippen LogP contribution in [0.25, 0.3) is 0 Å². The lowest BCUT2D eigenvalue weighted by Crippen LogP contribution is -2.54. The van der Waals surface area contributed by atoms with Gasteiger partial charge in [0.15, 0.2) is 0 Å². The van der Waals surface area contributed by atoms with E-state index in [1.54, 1.807) is 0 Å². The molecule has 3 N–H and O–H groups in total. The van der Waals surface area contributed by atoms with Gasteiger partial charge in [0.25, 0.3) is 0 Å². The van der Waals surface area contributed by atoms with Crippen molar-refractivity contribution in [3.05, 3.63) is 0 Å². The Morgan fingerprint density at radius 3 is 2.39 bits per heavy atom. The Morgan fingerprint density at radius 1 is 1.16 bits per heavy atom. The second kappa shape index (κ2) is 10.8. The second-order valence-electron chi connectivity index (χ2n) is 11.2. The Bertz CT molecular complexity index is 607. The summed E-state index contributed by atoms with van der Waals surface area (Å²) in [4.78, 5) is 23.2. The van der Waals surface area contributed by atoms with Crippen molar-refractivity contribution >= 4 is 12.3 Å². The molecule has 0 aromatic carbocycles. The summed E-state index contributed by atoms with van der Waals surface area (Å²) in [5.74, 6) is 0.329. The lowest BCUT2D eigenvalue weighted by Gasteiger charge is -2.49. The minimum atomic E-state index is -1.12. The number of unbranched alkanes of at least 4 members (excludes halogenated alkanes) is 1. The fraction of sp³-hybridized carbons (Fsp3) is 0.923. The van der Waals surface area contributed by atoms with Crippen LogP contribution in [0.15, 0.2) is 0 Å². The standard InChI is InChI=1S/C26H46O5/c1-6-7-8-21-24(19(4)10-9-17(2)18(3)11-12-23(29)30)22(16-27)26(31)15-20(28)13-14-25(21,26)5/h16-22,24,28,31H,6-15H2,1-5H3,(H,29,30)/t17-,18-,19?,20+,21?,22-,24?,25-,26-/m1/s1. The maximum atomic E-state index is 12.3. The average Bonchev–Trinajstić information content (AvgIpc) is 2.91. The molecule has 9 atom stereocenters. The third-order valence-corrected chi connectivity index (χ3v) is 9.32. The Hall–Kier alpha value is -0.940. The third-order valence-electron chi connectivity index (χ3n) is 9.32. The number of fused-ring (bicyclic) bond motifs is 1. The molecule has 0 amide bonds. The Balaban J connectivity index is 2.18. The van der Waals surface area contributed by atoms with Gasteiger partial charge in [-0.15, -0.1) is 0 Å². The van der Waals surface area contributed by atoms with Gasteiger partial charge in [-0.3, -0.25) is 4.79 Å². The topological polar surface area (TPSA) is 94.8 Å². The van der Waals surface area contributed by atoms with Crippen molar-refractivity contribution in [1.82, 2.24) is 0 Å². The fourth-order valence-electron chi connectivity index (χ4n) is 6.92. The van der Waals surface area contributed by atoms with E-state index in [0.717, 1.165) is 44.8 Å². The average molecular weight is 439 g/mol. The molecule has 5 heteroatoms. The van der Waals surface area contributed by atoms with Crippen molar-refractivity contribution in [3.63, 3.8) is 0 Å². The van der Waals surface area contributed by atoms with Crippen LogP contribution >= 0.6 is 0 Å². The molecule has 2 fully saturated rings. The molecular weight excluding hydrogens is 392 g/mol. The van der Waals surface area contributed by atoms with E-state index in [1.807, 2.05) is 0 Å². The molecule has 0 radical (unpaired) electrons. The van der Waals surface area contributed by atoms with Crippen LogP contribution in [0.2, 0.25) is 0 Å². The Kier molecular flexibility index (Phi) is 9.15. The zero-order valence-electron chi connectivity index (χ0n) is 20.3. The summed E-state index contributed by atoms with van der Waals surface area (Å²) in [6.45, 7) is 10.9. The molecule has 2 aliphatic carbocycles. The van der Waals surface area contributed by atoms with E-state index in [-0.39, 0.29) is 23.7 Å². The van der Waals surface area contributed by atoms with E-state index in [0.29, 0.717) is 37.0 Å². The van der Waals surface area contributed by atoms with Crippen molar-refractivity contribution in [2.45, 2.75) is 111 Å². The highest BCUT2D eigenvalue weighted by Gasteiger charge is 2.67. The number of carboxylic acids is 1. The SMILES string of the molecule is CCCCC1C(C(C)CC[C@@H](C)[C@H](C)CCC(=O)O)[C@@H](C=O)[C@]2(O)C[C@@H](O)CC[C@]12C. The van der Waals surface area contributed by atoms with Gasteiger partial charge in [0.05, 0.1) is 11.7 Å². The molecule has 0 heterocycles. The summed E-state index contributed by atoms with van der Waals surface area (Å²) in [6.07, 6.45) is 8.34. The number of aliphatic hydroxyl groups excluding tert-OH is 1. The number of hydrogen-bond donors (Lipinski definition) is 3. The predicted molar refractivity (Wildman–Crippen MR) is 123 cm³/mol. The molecule has 3 unspecified atom stereocenters. The summed E-state index contributed by atoms with van der Waals surface area (Å²) in [7, 11) is 0. The monoisotopic (exact) mass is 438 g/mol. The van der Waals surface area contributed by atoms with Crippen molar-refractivity contribution < 1.29 is 24.9 Å². The number of aliphatic carboxylic acids is 1. The van der Waals surface area contributed by atoms with Crippen LogP contribution in [0.1, 0.15) is 98.8 Å². The van der Waals surface area contributed by atoms with Crippen molar-refractivity contribution in [3.8, 4) is 0 Å². The molecule has 0 aliphatic heterocycles. The van der Waals surface area contributed by atoms with Crippen LogP contribution < -0.4 is 0 Å². The largest absolute Gasteiger partial charge is 0.481 e. The van der Waals surface area contributed by atoms with Gasteiger partial charge in [0.2, 0.25) is 0 Å². The van der Waals surface area contributed by atoms with Gasteiger partial charge < -0.3 is 20.1 Å². The lowest BCUT2D eigenvalue weighted by atomic mass is 9.59. The van der Waals surface area contributed by atoms with Gasteiger partial charge in [-0.1, -0.05) is 60.3 Å². The van der Waals surface area contributed by atoms with E-state index in [1.165, 1.54) is 0 Å². The van der Waals surface area contributed by atoms with Gasteiger partial charge in [-0.2, -0.15) is 0 Å². The summed E-state index contributed by atoms with van der Waals surface area (Å²) >= 11 is 0. The molecule has 0 spiro atoms. The molecule has 2 saturated carbocycles. The zero-order valence-corrected chi connectivity index (χ0v) is 20.3. The normalized spacial score (nSPS) is 38.3. The molecule has 31 heavy (non-hydrogen) atoms. The van der Waals surface area contributed by atoms with E-state index in [4.69, 9.17) is 5.11 Å². The first-order valence-electron chi connectivity index (χ1n) is 12.6. The van der Waals surface area contributed by atoms with Crippen LogP contribution in [0, 0.1) is 40.9 Å². The van der Waals surface area contributed by atoms with E-state index < -0.39 is 23.6 Å². The van der Waals surface area contributed by atoms with Crippen LogP contribution in [-0.2, 0) is 9.59 Å². The van der Waals surface area contributed by atoms with Gasteiger partial charge in [0.1, 0.15) is 6.29 Å². The molecule has 2 rings (SSSR count). The van der Waals surface area contributed by atoms with Crippen LogP contribution in [0.4, 0.5) is 0 Å². The summed E-state index contributed by atoms with van der Waals surface area (Å²) in [6, 6.07) is 0. The van der Waals surface area contributed by atoms with Gasteiger partial charge in [-0.25, -0.2) is 0 Å². The highest BCUT2D eigenvalue weighted by Crippen LogP contribution is 2.65. The first kappa shape index (κ1) is 26.3. The molecule has 5 nitrogen and oxygen atoms in total. The summed E-state index contributed by atoms with van der Waals surface area (Å²) in [5, 5.41) is 31.1. The summed E-state index contributed by atoms with van der Waals surface area (Å²) in [5.41, 5.74) is -1.45. The number of rotatable bonds is 12. The van der Waals surface area contributed by atoms with Crippen LogP contribution in [0.5, 0.6) is 0 Å². The molecule has 180 valence electrons. The molecule has 0 saturated heterocycles. The smallest absolute Gasteiger partial charge is 0.303 e. The molecule has 0 aromatic rings. The van der Waals surface area contributed by atoms with Gasteiger partial charge in [-0.05, 0) is 55.3 Å². The molecule has 2 aliphatic rings. The Labute approximate surface area is 189 Å². The van der Waals surface area contributed by atoms with Gasteiger partial charge >= 0.3 is 5.97 Å². The van der Waals surface area contributed by atoms with Gasteiger partial charge in [0, 0.05) is 24.2 Å². The minimum absolute atomic E-state index is 0.130. The highest BCUT2D eigenvalue weighted by atomic mass is 16.4. The van der Waals surface area contributed by atoms with Crippen molar-refractivity contribution in [2.75, 3.05) is 0 Å². The van der Waals surface area contributed by atoms with Crippen molar-refractivity contribution in [2.24, 2.45) is 40.9 Å². The van der Waals surface area contributed by atoms with E-state index in [2.05, 4.69) is 34.6 Å². The molecular formula is C26H46O5. The van der Waals surface area contributed by atoms with E-state index in [9.17, 15) is 19.8 Å². The van der Waals surface area contributed by atoms with Crippen molar-refractivity contribution in [1.29, 1.82) is 0 Å². The predicted octanol–water partition coefficient (Wildman–Crippen LogP) is 5.07. The quantitative estimate of drug-likeness (QED) is 0.370. The number of aliphatic hydroxyl groups is 2. The summed E-state index contributed by atoms with van der Waals surface area (Å²) < 4.78 is 0. The maximum Gasteiger partial charge on any atom is 0.303 e. The number of hydrogen-bond acceptors (Lipinski definition) is 4. The van der Waals surface area contributed by atoms with Crippen LogP contribution in [0.3, 0.4) is 0 Å². The second-order valence-corrected chi connectivity index (χ2v) is 11.2. The molecule has 0 bridgehead atoms. The number of aldehydes is 1. The number of carboxylic acid groups (broad SMARTS) is 1.